The summed E-state index contributed by atoms with van der Waals surface area (Å²) in [5.74, 6) is 0.949. The van der Waals surface area contributed by atoms with Crippen LogP contribution in [-0.4, -0.2) is 17.4 Å². The number of carbonyl (C=O) groups is 1. The molecule has 0 saturated heterocycles. The van der Waals surface area contributed by atoms with Crippen molar-refractivity contribution in [2.45, 2.75) is 6.92 Å². The molecule has 0 fully saturated rings. The molecular formula is C15H13N3O2. The number of aryl methyl sites for hydroxylation is 1. The van der Waals surface area contributed by atoms with E-state index in [1.807, 2.05) is 13.0 Å². The van der Waals surface area contributed by atoms with Crippen LogP contribution >= 0.6 is 0 Å². The summed E-state index contributed by atoms with van der Waals surface area (Å²) in [5, 5.41) is 11.0. The van der Waals surface area contributed by atoms with Crippen LogP contribution in [0.3, 0.4) is 0 Å². The van der Waals surface area contributed by atoms with Gasteiger partial charge in [-0.25, -0.2) is 0 Å². The van der Waals surface area contributed by atoms with Gasteiger partial charge in [-0.1, -0.05) is 6.07 Å². The third-order valence-electron chi connectivity index (χ3n) is 2.66. The number of benzene rings is 1. The smallest absolute Gasteiger partial charge is 0.252 e. The number of aromatic nitrogens is 1. The van der Waals surface area contributed by atoms with Crippen molar-refractivity contribution < 1.29 is 9.53 Å². The van der Waals surface area contributed by atoms with Crippen LogP contribution in [-0.2, 0) is 0 Å². The van der Waals surface area contributed by atoms with Crippen molar-refractivity contribution in [3.63, 3.8) is 0 Å². The van der Waals surface area contributed by atoms with E-state index >= 15 is 0 Å². The molecule has 5 nitrogen and oxygen atoms in total. The van der Waals surface area contributed by atoms with Crippen LogP contribution < -0.4 is 10.1 Å². The maximum Gasteiger partial charge on any atom is 0.252 e. The van der Waals surface area contributed by atoms with Crippen LogP contribution in [0.15, 0.2) is 42.7 Å². The van der Waals surface area contributed by atoms with Gasteiger partial charge >= 0.3 is 0 Å². The van der Waals surface area contributed by atoms with Gasteiger partial charge in [-0.3, -0.25) is 9.78 Å². The minimum Gasteiger partial charge on any atom is -0.457 e. The third-order valence-corrected chi connectivity index (χ3v) is 2.66. The zero-order valence-electron chi connectivity index (χ0n) is 11.0. The summed E-state index contributed by atoms with van der Waals surface area (Å²) in [6.07, 6.45) is 3.27. The average Bonchev–Trinajstić information content (AvgIpc) is 2.48. The van der Waals surface area contributed by atoms with Crippen molar-refractivity contribution in [1.82, 2.24) is 10.3 Å². The predicted octanol–water partition coefficient (Wildman–Crippen LogP) is 2.44. The van der Waals surface area contributed by atoms with Crippen molar-refractivity contribution in [3.8, 4) is 17.6 Å². The summed E-state index contributed by atoms with van der Waals surface area (Å²) in [6, 6.07) is 10.5. The Balaban J connectivity index is 2.21. The van der Waals surface area contributed by atoms with Crippen molar-refractivity contribution >= 4 is 5.91 Å². The first-order chi connectivity index (χ1) is 9.70. The Labute approximate surface area is 116 Å². The number of nitrogens with zero attached hydrogens (tertiary/aromatic N) is 2. The van der Waals surface area contributed by atoms with Crippen molar-refractivity contribution in [2.75, 3.05) is 6.54 Å². The highest BCUT2D eigenvalue weighted by Crippen LogP contribution is 2.25. The van der Waals surface area contributed by atoms with E-state index in [2.05, 4.69) is 10.3 Å². The van der Waals surface area contributed by atoms with Gasteiger partial charge in [0.05, 0.1) is 6.07 Å². The number of amides is 1. The number of carbonyl (C=O) groups excluding carboxylic acids is 1. The lowest BCUT2D eigenvalue weighted by Gasteiger charge is -2.10. The van der Waals surface area contributed by atoms with Crippen molar-refractivity contribution in [2.24, 2.45) is 0 Å². The van der Waals surface area contributed by atoms with E-state index in [1.54, 1.807) is 42.7 Å². The Morgan fingerprint density at radius 3 is 2.80 bits per heavy atom. The van der Waals surface area contributed by atoms with Crippen LogP contribution in [0.2, 0.25) is 0 Å². The second-order valence-electron chi connectivity index (χ2n) is 4.11. The van der Waals surface area contributed by atoms with E-state index < -0.39 is 0 Å². The molecule has 1 aromatic carbocycles. The zero-order valence-corrected chi connectivity index (χ0v) is 11.0. The Bertz CT molecular complexity index is 648. The zero-order chi connectivity index (χ0) is 14.4. The molecule has 20 heavy (non-hydrogen) atoms. The molecule has 1 aromatic heterocycles. The molecule has 0 bridgehead atoms. The fraction of sp³-hybridized carbons (Fsp3) is 0.133. The average molecular weight is 267 g/mol. The van der Waals surface area contributed by atoms with Crippen molar-refractivity contribution in [3.05, 3.63) is 53.9 Å². The lowest BCUT2D eigenvalue weighted by molar-refractivity contribution is 0.0958. The number of ether oxygens (including phenoxy) is 1. The van der Waals surface area contributed by atoms with Gasteiger partial charge in [0.15, 0.2) is 0 Å². The molecule has 0 saturated carbocycles. The summed E-state index contributed by atoms with van der Waals surface area (Å²) in [4.78, 5) is 15.7. The number of hydrogen-bond acceptors (Lipinski definition) is 4. The van der Waals surface area contributed by atoms with E-state index in [9.17, 15) is 4.79 Å². The summed E-state index contributed by atoms with van der Waals surface area (Å²) in [7, 11) is 0. The molecule has 100 valence electrons. The second-order valence-corrected chi connectivity index (χ2v) is 4.11. The summed E-state index contributed by atoms with van der Waals surface area (Å²) in [5.41, 5.74) is 1.37. The van der Waals surface area contributed by atoms with Gasteiger partial charge < -0.3 is 10.1 Å². The highest BCUT2D eigenvalue weighted by atomic mass is 16.5. The minimum atomic E-state index is -0.300. The summed E-state index contributed by atoms with van der Waals surface area (Å²) >= 11 is 0. The van der Waals surface area contributed by atoms with E-state index in [-0.39, 0.29) is 12.5 Å². The normalized spacial score (nSPS) is 9.60. The molecule has 0 radical (unpaired) electrons. The predicted molar refractivity (Wildman–Crippen MR) is 73.4 cm³/mol. The monoisotopic (exact) mass is 267 g/mol. The molecule has 0 unspecified atom stereocenters. The first-order valence-electron chi connectivity index (χ1n) is 6.04. The first kappa shape index (κ1) is 13.6. The van der Waals surface area contributed by atoms with Gasteiger partial charge in [0.2, 0.25) is 0 Å². The molecule has 2 rings (SSSR count). The highest BCUT2D eigenvalue weighted by molar-refractivity contribution is 5.94. The van der Waals surface area contributed by atoms with Crippen LogP contribution in [0.25, 0.3) is 0 Å². The van der Waals surface area contributed by atoms with Crippen molar-refractivity contribution in [1.29, 1.82) is 5.26 Å². The van der Waals surface area contributed by atoms with Crippen LogP contribution in [0.4, 0.5) is 0 Å². The van der Waals surface area contributed by atoms with E-state index in [0.29, 0.717) is 17.1 Å². The molecule has 0 atom stereocenters. The number of nitriles is 1. The Hall–Kier alpha value is -2.87. The van der Waals surface area contributed by atoms with Gasteiger partial charge in [0, 0.05) is 18.0 Å². The molecule has 2 aromatic rings. The highest BCUT2D eigenvalue weighted by Gasteiger charge is 2.09. The first-order valence-corrected chi connectivity index (χ1v) is 6.04. The standard InChI is InChI=1S/C15H13N3O2/c1-11-2-3-12(15(19)18-9-6-16)10-14(11)20-13-4-7-17-8-5-13/h2-5,7-8,10H,9H2,1H3,(H,18,19). The quantitative estimate of drug-likeness (QED) is 0.863. The molecular weight excluding hydrogens is 254 g/mol. The Kier molecular flexibility index (Phi) is 4.30. The molecule has 1 amide bonds. The lowest BCUT2D eigenvalue weighted by atomic mass is 10.1. The molecule has 0 aliphatic heterocycles. The van der Waals surface area contributed by atoms with Gasteiger partial charge in [0.1, 0.15) is 18.0 Å². The minimum absolute atomic E-state index is 0.0206. The maximum absolute atomic E-state index is 11.8. The van der Waals surface area contributed by atoms with Crippen LogP contribution in [0, 0.1) is 18.3 Å². The van der Waals surface area contributed by atoms with Crippen LogP contribution in [0.5, 0.6) is 11.5 Å². The lowest BCUT2D eigenvalue weighted by Crippen LogP contribution is -2.23. The van der Waals surface area contributed by atoms with Gasteiger partial charge in [0.25, 0.3) is 5.91 Å². The number of hydrogen-bond donors (Lipinski definition) is 1. The van der Waals surface area contributed by atoms with Gasteiger partial charge in [-0.15, -0.1) is 0 Å². The molecule has 1 N–H and O–H groups in total. The fourth-order valence-electron chi connectivity index (χ4n) is 1.61. The molecule has 0 aliphatic rings. The number of pyridine rings is 1. The number of nitrogens with one attached hydrogen (secondary N) is 1. The Morgan fingerprint density at radius 2 is 2.10 bits per heavy atom. The third kappa shape index (κ3) is 3.33. The molecule has 1 heterocycles. The summed E-state index contributed by atoms with van der Waals surface area (Å²) in [6.45, 7) is 1.88. The van der Waals surface area contributed by atoms with Gasteiger partial charge in [-0.05, 0) is 36.8 Å². The SMILES string of the molecule is Cc1ccc(C(=O)NCC#N)cc1Oc1ccncc1. The molecule has 0 aliphatic carbocycles. The molecule has 0 spiro atoms. The van der Waals surface area contributed by atoms with E-state index in [4.69, 9.17) is 10.00 Å². The fourth-order valence-corrected chi connectivity index (χ4v) is 1.61. The topological polar surface area (TPSA) is 75.0 Å². The van der Waals surface area contributed by atoms with Crippen LogP contribution in [0.1, 0.15) is 15.9 Å². The Morgan fingerprint density at radius 1 is 1.35 bits per heavy atom. The second kappa shape index (κ2) is 6.34. The maximum atomic E-state index is 11.8. The largest absolute Gasteiger partial charge is 0.457 e. The van der Waals surface area contributed by atoms with E-state index in [1.165, 1.54) is 0 Å². The van der Waals surface area contributed by atoms with Gasteiger partial charge in [-0.2, -0.15) is 5.26 Å². The number of rotatable bonds is 4. The summed E-state index contributed by atoms with van der Waals surface area (Å²) < 4.78 is 5.72. The molecule has 5 heteroatoms. The van der Waals surface area contributed by atoms with E-state index in [0.717, 1.165) is 5.56 Å².